The fourth-order valence-electron chi connectivity index (χ4n) is 2.22. The van der Waals surface area contributed by atoms with Crippen LogP contribution < -0.4 is 5.32 Å². The van der Waals surface area contributed by atoms with Crippen molar-refractivity contribution in [3.05, 3.63) is 11.8 Å². The van der Waals surface area contributed by atoms with E-state index in [1.807, 2.05) is 0 Å². The third-order valence-electron chi connectivity index (χ3n) is 2.92. The first-order valence-corrected chi connectivity index (χ1v) is 4.82. The highest BCUT2D eigenvalue weighted by atomic mass is 14.9. The SMILES string of the molecule is C1=C(C2CCCCC2)CC[N]1. The molecule has 2 aliphatic rings. The van der Waals surface area contributed by atoms with Crippen LogP contribution in [-0.4, -0.2) is 6.54 Å². The molecule has 1 radical (unpaired) electrons. The summed E-state index contributed by atoms with van der Waals surface area (Å²) in [5, 5.41) is 4.28. The van der Waals surface area contributed by atoms with Gasteiger partial charge < -0.3 is 0 Å². The third kappa shape index (κ3) is 1.58. The van der Waals surface area contributed by atoms with E-state index in [4.69, 9.17) is 0 Å². The van der Waals surface area contributed by atoms with E-state index in [-0.39, 0.29) is 0 Å². The summed E-state index contributed by atoms with van der Waals surface area (Å²) >= 11 is 0. The summed E-state index contributed by atoms with van der Waals surface area (Å²) in [5.41, 5.74) is 1.64. The highest BCUT2D eigenvalue weighted by Crippen LogP contribution is 2.32. The van der Waals surface area contributed by atoms with E-state index in [0.717, 1.165) is 12.5 Å². The molecule has 1 aliphatic carbocycles. The van der Waals surface area contributed by atoms with Crippen LogP contribution in [0.1, 0.15) is 38.5 Å². The van der Waals surface area contributed by atoms with Gasteiger partial charge in [0, 0.05) is 12.7 Å². The predicted molar refractivity (Wildman–Crippen MR) is 46.3 cm³/mol. The van der Waals surface area contributed by atoms with Crippen molar-refractivity contribution in [1.82, 2.24) is 5.32 Å². The van der Waals surface area contributed by atoms with Crippen LogP contribution in [0.4, 0.5) is 0 Å². The molecule has 61 valence electrons. The second-order valence-electron chi connectivity index (χ2n) is 3.70. The molecule has 0 N–H and O–H groups in total. The summed E-state index contributed by atoms with van der Waals surface area (Å²) < 4.78 is 0. The topological polar surface area (TPSA) is 14.1 Å². The zero-order valence-corrected chi connectivity index (χ0v) is 7.05. The minimum atomic E-state index is 0.912. The standard InChI is InChI=1S/C10H16N/c1-2-4-9(5-3-1)10-6-7-11-8-10/h8-9H,1-7H2. The van der Waals surface area contributed by atoms with Gasteiger partial charge in [0.2, 0.25) is 0 Å². The van der Waals surface area contributed by atoms with Gasteiger partial charge in [-0.15, -0.1) is 0 Å². The lowest BCUT2D eigenvalue weighted by Gasteiger charge is -2.21. The fraction of sp³-hybridized carbons (Fsp3) is 0.800. The lowest BCUT2D eigenvalue weighted by atomic mass is 9.83. The number of hydrogen-bond acceptors (Lipinski definition) is 0. The Kier molecular flexibility index (Phi) is 2.16. The summed E-state index contributed by atoms with van der Waals surface area (Å²) in [6.45, 7) is 1.06. The first kappa shape index (κ1) is 7.20. The van der Waals surface area contributed by atoms with Crippen molar-refractivity contribution in [3.8, 4) is 0 Å². The minimum absolute atomic E-state index is 0.912. The molecule has 11 heavy (non-hydrogen) atoms. The summed E-state index contributed by atoms with van der Waals surface area (Å²) in [5.74, 6) is 0.912. The van der Waals surface area contributed by atoms with E-state index in [1.54, 1.807) is 5.57 Å². The summed E-state index contributed by atoms with van der Waals surface area (Å²) in [6.07, 6.45) is 10.6. The quantitative estimate of drug-likeness (QED) is 0.545. The van der Waals surface area contributed by atoms with Crippen LogP contribution in [0.25, 0.3) is 0 Å². The Hall–Kier alpha value is -0.460. The first-order valence-electron chi connectivity index (χ1n) is 4.82. The first-order chi connectivity index (χ1) is 5.47. The molecule has 2 rings (SSSR count). The van der Waals surface area contributed by atoms with Crippen molar-refractivity contribution in [3.63, 3.8) is 0 Å². The highest BCUT2D eigenvalue weighted by Gasteiger charge is 2.19. The molecule has 1 saturated carbocycles. The molecule has 1 aliphatic heterocycles. The normalized spacial score (nSPS) is 26.4. The Bertz CT molecular complexity index is 154. The van der Waals surface area contributed by atoms with Crippen LogP contribution in [0.2, 0.25) is 0 Å². The van der Waals surface area contributed by atoms with Gasteiger partial charge >= 0.3 is 0 Å². The molecule has 0 bridgehead atoms. The van der Waals surface area contributed by atoms with Gasteiger partial charge in [0.05, 0.1) is 0 Å². The molecule has 0 unspecified atom stereocenters. The van der Waals surface area contributed by atoms with Crippen molar-refractivity contribution < 1.29 is 0 Å². The molecule has 0 spiro atoms. The number of hydrogen-bond donors (Lipinski definition) is 0. The Morgan fingerprint density at radius 2 is 2.00 bits per heavy atom. The number of nitrogens with zero attached hydrogens (tertiary/aromatic N) is 1. The van der Waals surface area contributed by atoms with Crippen LogP contribution >= 0.6 is 0 Å². The number of rotatable bonds is 1. The summed E-state index contributed by atoms with van der Waals surface area (Å²) in [7, 11) is 0. The Balaban J connectivity index is 1.92. The van der Waals surface area contributed by atoms with Crippen molar-refractivity contribution in [1.29, 1.82) is 0 Å². The zero-order chi connectivity index (χ0) is 7.52. The van der Waals surface area contributed by atoms with Crippen molar-refractivity contribution in [2.24, 2.45) is 5.92 Å². The van der Waals surface area contributed by atoms with Crippen LogP contribution in [0.3, 0.4) is 0 Å². The van der Waals surface area contributed by atoms with Crippen LogP contribution in [0, 0.1) is 5.92 Å². The summed E-state index contributed by atoms with van der Waals surface area (Å²) in [4.78, 5) is 0. The zero-order valence-electron chi connectivity index (χ0n) is 7.05. The lowest BCUT2D eigenvalue weighted by molar-refractivity contribution is 0.398. The van der Waals surface area contributed by atoms with E-state index in [9.17, 15) is 0 Å². The van der Waals surface area contributed by atoms with Crippen LogP contribution in [-0.2, 0) is 0 Å². The van der Waals surface area contributed by atoms with Gasteiger partial charge in [-0.2, -0.15) is 0 Å². The second kappa shape index (κ2) is 3.29. The van der Waals surface area contributed by atoms with Gasteiger partial charge in [0.1, 0.15) is 0 Å². The van der Waals surface area contributed by atoms with Crippen LogP contribution in [0.5, 0.6) is 0 Å². The maximum Gasteiger partial charge on any atom is 0.0427 e. The Labute approximate surface area is 68.9 Å². The highest BCUT2D eigenvalue weighted by molar-refractivity contribution is 5.11. The van der Waals surface area contributed by atoms with Gasteiger partial charge in [0.15, 0.2) is 0 Å². The second-order valence-corrected chi connectivity index (χ2v) is 3.70. The molecular weight excluding hydrogens is 134 g/mol. The van der Waals surface area contributed by atoms with Gasteiger partial charge in [-0.1, -0.05) is 19.3 Å². The summed E-state index contributed by atoms with van der Waals surface area (Å²) in [6, 6.07) is 0. The molecule has 0 saturated heterocycles. The molecule has 1 heteroatoms. The Morgan fingerprint density at radius 3 is 2.64 bits per heavy atom. The lowest BCUT2D eigenvalue weighted by Crippen LogP contribution is -2.07. The van der Waals surface area contributed by atoms with Gasteiger partial charge in [-0.3, -0.25) is 5.32 Å². The molecule has 0 aromatic carbocycles. The van der Waals surface area contributed by atoms with Crippen molar-refractivity contribution in [2.75, 3.05) is 6.54 Å². The largest absolute Gasteiger partial charge is 0.293 e. The molecule has 1 heterocycles. The fourth-order valence-corrected chi connectivity index (χ4v) is 2.22. The van der Waals surface area contributed by atoms with Gasteiger partial charge in [0.25, 0.3) is 0 Å². The molecule has 0 aromatic rings. The van der Waals surface area contributed by atoms with E-state index in [1.165, 1.54) is 38.5 Å². The van der Waals surface area contributed by atoms with E-state index in [2.05, 4.69) is 11.5 Å². The van der Waals surface area contributed by atoms with Gasteiger partial charge in [-0.05, 0) is 30.8 Å². The molecule has 1 fully saturated rings. The molecule has 0 amide bonds. The minimum Gasteiger partial charge on any atom is -0.293 e. The van der Waals surface area contributed by atoms with Gasteiger partial charge in [-0.25, -0.2) is 0 Å². The van der Waals surface area contributed by atoms with E-state index >= 15 is 0 Å². The Morgan fingerprint density at radius 1 is 1.18 bits per heavy atom. The van der Waals surface area contributed by atoms with E-state index in [0.29, 0.717) is 0 Å². The smallest absolute Gasteiger partial charge is 0.0427 e. The maximum absolute atomic E-state index is 4.28. The molecule has 1 nitrogen and oxygen atoms in total. The van der Waals surface area contributed by atoms with Crippen molar-refractivity contribution >= 4 is 0 Å². The molecule has 0 aromatic heterocycles. The third-order valence-corrected chi connectivity index (χ3v) is 2.92. The molecule has 0 atom stereocenters. The van der Waals surface area contributed by atoms with Crippen molar-refractivity contribution in [2.45, 2.75) is 38.5 Å². The maximum atomic E-state index is 4.28. The average molecular weight is 150 g/mol. The molecular formula is C10H16N. The predicted octanol–water partition coefficient (Wildman–Crippen LogP) is 2.46. The average Bonchev–Trinajstić information content (AvgIpc) is 2.58. The van der Waals surface area contributed by atoms with Crippen LogP contribution in [0.15, 0.2) is 11.8 Å². The monoisotopic (exact) mass is 150 g/mol. The van der Waals surface area contributed by atoms with E-state index < -0.39 is 0 Å².